The molecule has 0 atom stereocenters. The van der Waals surface area contributed by atoms with Gasteiger partial charge in [-0.25, -0.2) is 4.79 Å². The van der Waals surface area contributed by atoms with Crippen LogP contribution in [0.4, 0.5) is 10.7 Å². The van der Waals surface area contributed by atoms with E-state index in [0.29, 0.717) is 11.3 Å². The molecule has 1 heterocycles. The van der Waals surface area contributed by atoms with Crippen LogP contribution in [0.25, 0.3) is 11.5 Å². The number of hydrogen-bond donors (Lipinski definition) is 1. The number of hydrogen-bond acceptors (Lipinski definition) is 6. The Balaban J connectivity index is 1.70. The van der Waals surface area contributed by atoms with Crippen molar-refractivity contribution in [2.75, 3.05) is 12.4 Å². The summed E-state index contributed by atoms with van der Waals surface area (Å²) in [5.41, 5.74) is 1.46. The van der Waals surface area contributed by atoms with Crippen LogP contribution in [0.2, 0.25) is 0 Å². The predicted octanol–water partition coefficient (Wildman–Crippen LogP) is 3.97. The molecule has 0 fully saturated rings. The van der Waals surface area contributed by atoms with E-state index in [4.69, 9.17) is 13.9 Å². The molecule has 0 saturated heterocycles. The van der Waals surface area contributed by atoms with Crippen molar-refractivity contribution in [3.63, 3.8) is 0 Å². The Kier molecular flexibility index (Phi) is 5.15. The number of methoxy groups -OCH3 is 1. The number of anilines is 1. The van der Waals surface area contributed by atoms with Gasteiger partial charge in [0.1, 0.15) is 18.4 Å². The lowest BCUT2D eigenvalue weighted by Crippen LogP contribution is -2.13. The Morgan fingerprint density at radius 3 is 2.58 bits per heavy atom. The van der Waals surface area contributed by atoms with Crippen LogP contribution in [0.1, 0.15) is 11.3 Å². The quantitative estimate of drug-likeness (QED) is 0.748. The number of ether oxygens (including phenoxy) is 2. The van der Waals surface area contributed by atoms with Gasteiger partial charge in [-0.2, -0.15) is 10.2 Å². The molecule has 3 rings (SSSR count). The van der Waals surface area contributed by atoms with Crippen molar-refractivity contribution in [3.8, 4) is 23.3 Å². The van der Waals surface area contributed by atoms with Gasteiger partial charge in [0.25, 0.3) is 0 Å². The number of oxazole rings is 1. The summed E-state index contributed by atoms with van der Waals surface area (Å²) in [6, 6.07) is 18.1. The van der Waals surface area contributed by atoms with Crippen LogP contribution >= 0.6 is 0 Å². The van der Waals surface area contributed by atoms with Crippen LogP contribution in [0, 0.1) is 11.3 Å². The maximum Gasteiger partial charge on any atom is 0.414 e. The summed E-state index contributed by atoms with van der Waals surface area (Å²) in [5, 5.41) is 11.6. The minimum Gasteiger partial charge on any atom is -0.497 e. The van der Waals surface area contributed by atoms with E-state index in [-0.39, 0.29) is 24.1 Å². The molecule has 0 unspecified atom stereocenters. The average Bonchev–Trinajstić information content (AvgIpc) is 3.10. The van der Waals surface area contributed by atoms with Crippen molar-refractivity contribution < 1.29 is 18.7 Å². The van der Waals surface area contributed by atoms with Crippen LogP contribution < -0.4 is 10.1 Å². The first-order chi connectivity index (χ1) is 12.7. The summed E-state index contributed by atoms with van der Waals surface area (Å²) < 4.78 is 15.7. The van der Waals surface area contributed by atoms with E-state index in [0.717, 1.165) is 5.56 Å². The van der Waals surface area contributed by atoms with Gasteiger partial charge in [0.05, 0.1) is 7.11 Å². The lowest BCUT2D eigenvalue weighted by Gasteiger charge is -2.05. The molecular weight excluding hydrogens is 334 g/mol. The van der Waals surface area contributed by atoms with Crippen molar-refractivity contribution in [1.82, 2.24) is 4.98 Å². The molecular formula is C19H15N3O4. The molecule has 0 bridgehead atoms. The zero-order valence-corrected chi connectivity index (χ0v) is 13.9. The van der Waals surface area contributed by atoms with Crippen molar-refractivity contribution in [2.45, 2.75) is 6.61 Å². The molecule has 3 aromatic rings. The van der Waals surface area contributed by atoms with E-state index in [1.54, 1.807) is 31.4 Å². The second kappa shape index (κ2) is 7.85. The van der Waals surface area contributed by atoms with Gasteiger partial charge in [-0.1, -0.05) is 30.3 Å². The third-order valence-corrected chi connectivity index (χ3v) is 3.50. The summed E-state index contributed by atoms with van der Waals surface area (Å²) in [6.45, 7) is 0.105. The van der Waals surface area contributed by atoms with Crippen LogP contribution in [0.5, 0.6) is 5.75 Å². The summed E-state index contributed by atoms with van der Waals surface area (Å²) in [5.74, 6) is 0.836. The first-order valence-electron chi connectivity index (χ1n) is 7.72. The number of aromatic nitrogens is 1. The first kappa shape index (κ1) is 17.0. The summed E-state index contributed by atoms with van der Waals surface area (Å²) in [6.07, 6.45) is -0.734. The van der Waals surface area contributed by atoms with E-state index in [1.165, 1.54) is 0 Å². The van der Waals surface area contributed by atoms with Gasteiger partial charge in [-0.15, -0.1) is 0 Å². The van der Waals surface area contributed by atoms with Crippen molar-refractivity contribution >= 4 is 12.0 Å². The Hall–Kier alpha value is -3.79. The summed E-state index contributed by atoms with van der Waals surface area (Å²) in [7, 11) is 1.57. The monoisotopic (exact) mass is 349 g/mol. The van der Waals surface area contributed by atoms with Crippen LogP contribution in [0.15, 0.2) is 59.0 Å². The highest BCUT2D eigenvalue weighted by atomic mass is 16.6. The standard InChI is InChI=1S/C19H15N3O4/c1-24-15-9-7-14(8-10-15)17-21-16(11-20)18(26-17)22-19(23)25-12-13-5-3-2-4-6-13/h2-10H,12H2,1H3,(H,22,23). The van der Waals surface area contributed by atoms with Crippen molar-refractivity contribution in [3.05, 3.63) is 65.9 Å². The number of rotatable bonds is 5. The number of nitrogens with zero attached hydrogens (tertiary/aromatic N) is 2. The van der Waals surface area contributed by atoms with Gasteiger partial charge in [0.2, 0.25) is 17.5 Å². The van der Waals surface area contributed by atoms with E-state index in [1.807, 2.05) is 36.4 Å². The van der Waals surface area contributed by atoms with Gasteiger partial charge >= 0.3 is 6.09 Å². The van der Waals surface area contributed by atoms with Crippen molar-refractivity contribution in [2.24, 2.45) is 0 Å². The van der Waals surface area contributed by atoms with E-state index >= 15 is 0 Å². The van der Waals surface area contributed by atoms with Gasteiger partial charge in [0.15, 0.2) is 0 Å². The fourth-order valence-corrected chi connectivity index (χ4v) is 2.19. The highest BCUT2D eigenvalue weighted by Gasteiger charge is 2.17. The summed E-state index contributed by atoms with van der Waals surface area (Å²) >= 11 is 0. The number of amides is 1. The molecule has 1 N–H and O–H groups in total. The number of nitriles is 1. The molecule has 0 saturated carbocycles. The fraction of sp³-hybridized carbons (Fsp3) is 0.105. The third-order valence-electron chi connectivity index (χ3n) is 3.50. The Bertz CT molecular complexity index is 928. The number of carbonyl (C=O) groups is 1. The topological polar surface area (TPSA) is 97.4 Å². The maximum atomic E-state index is 11.9. The minimum atomic E-state index is -0.734. The molecule has 2 aromatic carbocycles. The Morgan fingerprint density at radius 2 is 1.92 bits per heavy atom. The molecule has 7 nitrogen and oxygen atoms in total. The second-order valence-electron chi connectivity index (χ2n) is 5.22. The van der Waals surface area contributed by atoms with Gasteiger partial charge in [-0.05, 0) is 29.8 Å². The van der Waals surface area contributed by atoms with Crippen LogP contribution in [-0.4, -0.2) is 18.2 Å². The first-order valence-corrected chi connectivity index (χ1v) is 7.72. The van der Waals surface area contributed by atoms with Gasteiger partial charge < -0.3 is 13.9 Å². The zero-order valence-electron chi connectivity index (χ0n) is 13.9. The molecule has 26 heavy (non-hydrogen) atoms. The van der Waals surface area contributed by atoms with E-state index < -0.39 is 6.09 Å². The Labute approximate surface area is 149 Å². The summed E-state index contributed by atoms with van der Waals surface area (Å²) in [4.78, 5) is 16.0. The lowest BCUT2D eigenvalue weighted by atomic mass is 10.2. The molecule has 0 aliphatic carbocycles. The van der Waals surface area contributed by atoms with Gasteiger partial charge in [-0.3, -0.25) is 5.32 Å². The molecule has 130 valence electrons. The average molecular weight is 349 g/mol. The van der Waals surface area contributed by atoms with E-state index in [2.05, 4.69) is 10.3 Å². The Morgan fingerprint density at radius 1 is 1.19 bits per heavy atom. The number of nitrogens with one attached hydrogen (secondary N) is 1. The van der Waals surface area contributed by atoms with Crippen LogP contribution in [-0.2, 0) is 11.3 Å². The third kappa shape index (κ3) is 3.99. The maximum absolute atomic E-state index is 11.9. The molecule has 1 amide bonds. The number of carbonyl (C=O) groups excluding carboxylic acids is 1. The highest BCUT2D eigenvalue weighted by Crippen LogP contribution is 2.26. The molecule has 0 aliphatic rings. The highest BCUT2D eigenvalue weighted by molar-refractivity contribution is 5.84. The fourth-order valence-electron chi connectivity index (χ4n) is 2.19. The minimum absolute atomic E-state index is 0.0347. The molecule has 1 aromatic heterocycles. The van der Waals surface area contributed by atoms with Crippen LogP contribution in [0.3, 0.4) is 0 Å². The smallest absolute Gasteiger partial charge is 0.414 e. The normalized spacial score (nSPS) is 10.0. The lowest BCUT2D eigenvalue weighted by molar-refractivity contribution is 0.154. The number of benzene rings is 2. The molecule has 0 aliphatic heterocycles. The largest absolute Gasteiger partial charge is 0.497 e. The SMILES string of the molecule is COc1ccc(-c2nc(C#N)c(NC(=O)OCc3ccccc3)o2)cc1. The molecule has 7 heteroatoms. The van der Waals surface area contributed by atoms with Gasteiger partial charge in [0, 0.05) is 5.56 Å². The molecule has 0 radical (unpaired) electrons. The predicted molar refractivity (Wildman–Crippen MR) is 93.5 cm³/mol. The molecule has 0 spiro atoms. The second-order valence-corrected chi connectivity index (χ2v) is 5.22. The van der Waals surface area contributed by atoms with Crippen molar-refractivity contribution in [1.29, 1.82) is 5.26 Å². The zero-order chi connectivity index (χ0) is 18.4. The van der Waals surface area contributed by atoms with E-state index in [9.17, 15) is 10.1 Å².